The summed E-state index contributed by atoms with van der Waals surface area (Å²) < 4.78 is 0. The first-order valence-corrected chi connectivity index (χ1v) is 12.3. The molecule has 4 atom stereocenters. The third kappa shape index (κ3) is 8.32. The van der Waals surface area contributed by atoms with Crippen LogP contribution in [0, 0.1) is 5.92 Å². The van der Waals surface area contributed by atoms with Crippen molar-refractivity contribution in [3.63, 3.8) is 0 Å². The molecule has 4 unspecified atom stereocenters. The first-order chi connectivity index (χ1) is 16.6. The Labute approximate surface area is 206 Å². The van der Waals surface area contributed by atoms with Gasteiger partial charge in [-0.1, -0.05) is 44.2 Å². The van der Waals surface area contributed by atoms with Crippen LogP contribution < -0.4 is 22.1 Å². The van der Waals surface area contributed by atoms with E-state index in [1.54, 1.807) is 0 Å². The number of hydrogen-bond donors (Lipinski definition) is 5. The van der Waals surface area contributed by atoms with E-state index in [1.165, 1.54) is 4.90 Å². The Morgan fingerprint density at radius 2 is 1.71 bits per heavy atom. The zero-order valence-electron chi connectivity index (χ0n) is 20.6. The summed E-state index contributed by atoms with van der Waals surface area (Å²) in [6.07, 6.45) is 2.78. The average molecular weight is 490 g/mol. The molecule has 10 nitrogen and oxygen atoms in total. The lowest BCUT2D eigenvalue weighted by molar-refractivity contribution is -0.149. The maximum Gasteiger partial charge on any atom is 0.326 e. The number of carbonyl (C=O) groups is 4. The highest BCUT2D eigenvalue weighted by molar-refractivity contribution is 5.94. The zero-order valence-corrected chi connectivity index (χ0v) is 20.6. The molecular weight excluding hydrogens is 450 g/mol. The molecule has 0 radical (unpaired) electrons. The van der Waals surface area contributed by atoms with Gasteiger partial charge in [0.15, 0.2) is 0 Å². The van der Waals surface area contributed by atoms with Gasteiger partial charge in [-0.3, -0.25) is 14.4 Å². The highest BCUT2D eigenvalue weighted by Crippen LogP contribution is 2.20. The number of likely N-dealkylation sites (tertiary alicyclic amines) is 1. The molecule has 194 valence electrons. The standard InChI is InChI=1S/C25H39N5O5/c1-16(2)21(27)23(32)28-18(11-6-7-13-26)22(31)29-19(15-17-9-4-3-5-10-17)24(33)30-14-8-12-20(30)25(34)35/h3-5,9-10,16,18-21H,6-8,11-15,26-27H2,1-2H3,(H,28,32)(H,29,31)(H,34,35). The number of benzene rings is 1. The van der Waals surface area contributed by atoms with Gasteiger partial charge in [-0.15, -0.1) is 0 Å². The van der Waals surface area contributed by atoms with Gasteiger partial charge in [0.05, 0.1) is 6.04 Å². The van der Waals surface area contributed by atoms with Crippen LogP contribution in [-0.2, 0) is 25.6 Å². The summed E-state index contributed by atoms with van der Waals surface area (Å²) in [6.45, 7) is 4.40. The van der Waals surface area contributed by atoms with Crippen LogP contribution >= 0.6 is 0 Å². The molecule has 0 saturated carbocycles. The van der Waals surface area contributed by atoms with Crippen LogP contribution in [0.4, 0.5) is 0 Å². The molecule has 1 aromatic carbocycles. The number of carboxylic acids is 1. The van der Waals surface area contributed by atoms with Crippen molar-refractivity contribution < 1.29 is 24.3 Å². The molecule has 1 saturated heterocycles. The summed E-state index contributed by atoms with van der Waals surface area (Å²) in [5.74, 6) is -2.57. The maximum atomic E-state index is 13.4. The number of amides is 3. The minimum Gasteiger partial charge on any atom is -0.480 e. The minimum absolute atomic E-state index is 0.113. The number of nitrogens with zero attached hydrogens (tertiary/aromatic N) is 1. The zero-order chi connectivity index (χ0) is 26.0. The Hall–Kier alpha value is -2.98. The number of nitrogens with one attached hydrogen (secondary N) is 2. The quantitative estimate of drug-likeness (QED) is 0.250. The lowest BCUT2D eigenvalue weighted by Gasteiger charge is -2.29. The van der Waals surface area contributed by atoms with Crippen molar-refractivity contribution in [1.29, 1.82) is 0 Å². The highest BCUT2D eigenvalue weighted by Gasteiger charge is 2.38. The topological polar surface area (TPSA) is 168 Å². The van der Waals surface area contributed by atoms with Gasteiger partial charge in [0.25, 0.3) is 0 Å². The van der Waals surface area contributed by atoms with E-state index in [9.17, 15) is 24.3 Å². The molecule has 1 heterocycles. The molecule has 1 aromatic rings. The predicted molar refractivity (Wildman–Crippen MR) is 132 cm³/mol. The van der Waals surface area contributed by atoms with Crippen LogP contribution in [0.1, 0.15) is 51.5 Å². The van der Waals surface area contributed by atoms with Crippen molar-refractivity contribution in [2.45, 2.75) is 76.5 Å². The summed E-state index contributed by atoms with van der Waals surface area (Å²) in [6, 6.07) is 5.64. The summed E-state index contributed by atoms with van der Waals surface area (Å²) in [4.78, 5) is 52.3. The molecule has 1 fully saturated rings. The molecular formula is C25H39N5O5. The molecule has 0 spiro atoms. The fourth-order valence-corrected chi connectivity index (χ4v) is 4.14. The molecule has 1 aliphatic rings. The SMILES string of the molecule is CC(C)C(N)C(=O)NC(CCCCN)C(=O)NC(Cc1ccccc1)C(=O)N1CCCC1C(=O)O. The van der Waals surface area contributed by atoms with E-state index >= 15 is 0 Å². The van der Waals surface area contributed by atoms with E-state index in [0.29, 0.717) is 45.2 Å². The third-order valence-electron chi connectivity index (χ3n) is 6.32. The molecule has 3 amide bonds. The van der Waals surface area contributed by atoms with E-state index in [1.807, 2.05) is 44.2 Å². The smallest absolute Gasteiger partial charge is 0.326 e. The number of aliphatic carboxylic acids is 1. The summed E-state index contributed by atoms with van der Waals surface area (Å²) in [5.41, 5.74) is 12.4. The van der Waals surface area contributed by atoms with E-state index < -0.39 is 47.9 Å². The van der Waals surface area contributed by atoms with E-state index in [-0.39, 0.29) is 12.3 Å². The summed E-state index contributed by atoms with van der Waals surface area (Å²) >= 11 is 0. The maximum absolute atomic E-state index is 13.4. The Balaban J connectivity index is 2.24. The van der Waals surface area contributed by atoms with E-state index in [2.05, 4.69) is 10.6 Å². The van der Waals surface area contributed by atoms with Crippen LogP contribution in [0.3, 0.4) is 0 Å². The van der Waals surface area contributed by atoms with Gasteiger partial charge >= 0.3 is 5.97 Å². The second-order valence-electron chi connectivity index (χ2n) is 9.39. The Morgan fingerprint density at radius 1 is 1.06 bits per heavy atom. The highest BCUT2D eigenvalue weighted by atomic mass is 16.4. The second kappa shape index (κ2) is 13.8. The van der Waals surface area contributed by atoms with Crippen molar-refractivity contribution in [1.82, 2.24) is 15.5 Å². The molecule has 1 aliphatic heterocycles. The monoisotopic (exact) mass is 489 g/mol. The molecule has 0 aliphatic carbocycles. The van der Waals surface area contributed by atoms with Gasteiger partial charge in [-0.05, 0) is 50.1 Å². The van der Waals surface area contributed by atoms with Gasteiger partial charge in [0.1, 0.15) is 18.1 Å². The normalized spacial score (nSPS) is 18.1. The second-order valence-corrected chi connectivity index (χ2v) is 9.39. The largest absolute Gasteiger partial charge is 0.480 e. The molecule has 0 bridgehead atoms. The van der Waals surface area contributed by atoms with Crippen LogP contribution in [0.2, 0.25) is 0 Å². The van der Waals surface area contributed by atoms with Crippen molar-refractivity contribution in [2.75, 3.05) is 13.1 Å². The number of carbonyl (C=O) groups excluding carboxylic acids is 3. The van der Waals surface area contributed by atoms with Crippen LogP contribution in [0.15, 0.2) is 30.3 Å². The number of hydrogen-bond acceptors (Lipinski definition) is 6. The predicted octanol–water partition coefficient (Wildman–Crippen LogP) is 0.387. The van der Waals surface area contributed by atoms with Crippen LogP contribution in [-0.4, -0.2) is 71.0 Å². The van der Waals surface area contributed by atoms with Crippen molar-refractivity contribution in [2.24, 2.45) is 17.4 Å². The van der Waals surface area contributed by atoms with E-state index in [0.717, 1.165) is 5.56 Å². The summed E-state index contributed by atoms with van der Waals surface area (Å²) in [7, 11) is 0. The van der Waals surface area contributed by atoms with E-state index in [4.69, 9.17) is 11.5 Å². The lowest BCUT2D eigenvalue weighted by atomic mass is 10.0. The van der Waals surface area contributed by atoms with Crippen LogP contribution in [0.5, 0.6) is 0 Å². The third-order valence-corrected chi connectivity index (χ3v) is 6.32. The van der Waals surface area contributed by atoms with Gasteiger partial charge < -0.3 is 32.1 Å². The van der Waals surface area contributed by atoms with Gasteiger partial charge in [0, 0.05) is 13.0 Å². The average Bonchev–Trinajstić information content (AvgIpc) is 3.33. The number of nitrogens with two attached hydrogens (primary N) is 2. The number of unbranched alkanes of at least 4 members (excludes halogenated alkanes) is 1. The fraction of sp³-hybridized carbons (Fsp3) is 0.600. The molecule has 2 rings (SSSR count). The first-order valence-electron chi connectivity index (χ1n) is 12.3. The van der Waals surface area contributed by atoms with Crippen molar-refractivity contribution in [3.8, 4) is 0 Å². The van der Waals surface area contributed by atoms with Gasteiger partial charge in [-0.25, -0.2) is 4.79 Å². The van der Waals surface area contributed by atoms with Gasteiger partial charge in [-0.2, -0.15) is 0 Å². The number of carboxylic acid groups (broad SMARTS) is 1. The van der Waals surface area contributed by atoms with Crippen molar-refractivity contribution in [3.05, 3.63) is 35.9 Å². The molecule has 35 heavy (non-hydrogen) atoms. The first kappa shape index (κ1) is 28.3. The fourth-order valence-electron chi connectivity index (χ4n) is 4.14. The van der Waals surface area contributed by atoms with Gasteiger partial charge in [0.2, 0.25) is 17.7 Å². The van der Waals surface area contributed by atoms with Crippen LogP contribution in [0.25, 0.3) is 0 Å². The minimum atomic E-state index is -1.06. The Bertz CT molecular complexity index is 863. The summed E-state index contributed by atoms with van der Waals surface area (Å²) in [5, 5.41) is 15.1. The van der Waals surface area contributed by atoms with Crippen molar-refractivity contribution >= 4 is 23.7 Å². The molecule has 10 heteroatoms. The molecule has 0 aromatic heterocycles. The Kier molecular flexibility index (Phi) is 11.1. The number of rotatable bonds is 13. The lowest BCUT2D eigenvalue weighted by Crippen LogP contribution is -2.58. The Morgan fingerprint density at radius 3 is 2.31 bits per heavy atom. The molecule has 7 N–H and O–H groups in total.